The van der Waals surface area contributed by atoms with E-state index in [2.05, 4.69) is 20.2 Å². The third kappa shape index (κ3) is 2.60. The van der Waals surface area contributed by atoms with Gasteiger partial charge < -0.3 is 0 Å². The minimum Gasteiger partial charge on any atom is -0.294 e. The quantitative estimate of drug-likeness (QED) is 0.586. The van der Waals surface area contributed by atoms with Crippen molar-refractivity contribution in [1.82, 2.24) is 9.97 Å². The Morgan fingerprint density at radius 2 is 1.78 bits per heavy atom. The lowest BCUT2D eigenvalue weighted by molar-refractivity contribution is -0.113. The zero-order chi connectivity index (χ0) is 19.3. The van der Waals surface area contributed by atoms with Gasteiger partial charge in [0, 0.05) is 19.8 Å². The molecule has 8 nitrogen and oxygen atoms in total. The van der Waals surface area contributed by atoms with Crippen LogP contribution in [0.4, 0.5) is 11.6 Å². The Morgan fingerprint density at radius 1 is 1.07 bits per heavy atom. The van der Waals surface area contributed by atoms with E-state index in [1.54, 1.807) is 25.4 Å². The van der Waals surface area contributed by atoms with E-state index in [0.717, 1.165) is 5.56 Å². The molecule has 27 heavy (non-hydrogen) atoms. The first-order valence-corrected chi connectivity index (χ1v) is 8.69. The predicted octanol–water partition coefficient (Wildman–Crippen LogP) is 1.97. The summed E-state index contributed by atoms with van der Waals surface area (Å²) < 4.78 is 0. The average molecular weight is 383 g/mol. The number of aryl methyl sites for hydroxylation is 1. The SMILES string of the molecule is CCN1C(=O)/C(=N\N=C2/C(=O)N(C)c3ncc(C)cc32)c2ccc(Cl)nc21. The van der Waals surface area contributed by atoms with Gasteiger partial charge in [-0.15, -0.1) is 10.2 Å². The maximum atomic E-state index is 12.7. The number of aromatic nitrogens is 2. The van der Waals surface area contributed by atoms with Gasteiger partial charge in [0.1, 0.15) is 16.8 Å². The van der Waals surface area contributed by atoms with E-state index in [-0.39, 0.29) is 28.4 Å². The maximum absolute atomic E-state index is 12.7. The topological polar surface area (TPSA) is 91.1 Å². The zero-order valence-electron chi connectivity index (χ0n) is 14.9. The first-order valence-electron chi connectivity index (χ1n) is 8.32. The average Bonchev–Trinajstić information content (AvgIpc) is 3.03. The normalized spacial score (nSPS) is 18.7. The van der Waals surface area contributed by atoms with Gasteiger partial charge in [0.2, 0.25) is 0 Å². The summed E-state index contributed by atoms with van der Waals surface area (Å²) in [6.07, 6.45) is 1.68. The van der Waals surface area contributed by atoms with E-state index in [1.165, 1.54) is 9.80 Å². The van der Waals surface area contributed by atoms with E-state index >= 15 is 0 Å². The molecule has 0 spiro atoms. The van der Waals surface area contributed by atoms with Gasteiger partial charge in [-0.2, -0.15) is 0 Å². The van der Waals surface area contributed by atoms with Crippen LogP contribution in [0.5, 0.6) is 0 Å². The molecule has 0 saturated heterocycles. The van der Waals surface area contributed by atoms with Crippen molar-refractivity contribution in [3.8, 4) is 0 Å². The minimum atomic E-state index is -0.326. The number of amides is 2. The van der Waals surface area contributed by atoms with Gasteiger partial charge in [-0.1, -0.05) is 11.6 Å². The van der Waals surface area contributed by atoms with Crippen LogP contribution < -0.4 is 9.80 Å². The second-order valence-corrected chi connectivity index (χ2v) is 6.59. The van der Waals surface area contributed by atoms with Crippen LogP contribution in [0.3, 0.4) is 0 Å². The predicted molar refractivity (Wildman–Crippen MR) is 103 cm³/mol. The lowest BCUT2D eigenvalue weighted by atomic mass is 10.1. The van der Waals surface area contributed by atoms with Gasteiger partial charge in [0.25, 0.3) is 11.8 Å². The van der Waals surface area contributed by atoms with Crippen molar-refractivity contribution in [2.24, 2.45) is 10.2 Å². The molecule has 2 aromatic rings. The lowest BCUT2D eigenvalue weighted by Crippen LogP contribution is -2.30. The van der Waals surface area contributed by atoms with Crippen LogP contribution in [0.2, 0.25) is 5.15 Å². The van der Waals surface area contributed by atoms with Crippen molar-refractivity contribution in [1.29, 1.82) is 0 Å². The summed E-state index contributed by atoms with van der Waals surface area (Å²) in [4.78, 5) is 36.6. The van der Waals surface area contributed by atoms with Crippen molar-refractivity contribution < 1.29 is 9.59 Å². The highest BCUT2D eigenvalue weighted by molar-refractivity contribution is 6.56. The molecule has 4 heterocycles. The lowest BCUT2D eigenvalue weighted by Gasteiger charge is -2.11. The molecule has 0 N–H and O–H groups in total. The maximum Gasteiger partial charge on any atom is 0.280 e. The molecule has 0 fully saturated rings. The molecule has 2 aromatic heterocycles. The molecule has 4 rings (SSSR count). The van der Waals surface area contributed by atoms with Gasteiger partial charge >= 0.3 is 0 Å². The van der Waals surface area contributed by atoms with Crippen molar-refractivity contribution in [3.05, 3.63) is 46.2 Å². The summed E-state index contributed by atoms with van der Waals surface area (Å²) in [5, 5.41) is 8.54. The van der Waals surface area contributed by atoms with Crippen LogP contribution in [-0.2, 0) is 9.59 Å². The number of halogens is 1. The van der Waals surface area contributed by atoms with Crippen LogP contribution in [0.15, 0.2) is 34.6 Å². The second-order valence-electron chi connectivity index (χ2n) is 6.20. The molecule has 0 saturated carbocycles. The molecule has 2 aliphatic rings. The fourth-order valence-corrected chi connectivity index (χ4v) is 3.26. The Kier molecular flexibility index (Phi) is 4.00. The van der Waals surface area contributed by atoms with E-state index in [9.17, 15) is 9.59 Å². The smallest absolute Gasteiger partial charge is 0.280 e. The fraction of sp³-hybridized carbons (Fsp3) is 0.222. The molecule has 0 radical (unpaired) electrons. The van der Waals surface area contributed by atoms with E-state index in [1.807, 2.05) is 19.9 Å². The van der Waals surface area contributed by atoms with Gasteiger partial charge in [-0.25, -0.2) is 9.97 Å². The number of pyridine rings is 2. The molecule has 9 heteroatoms. The molecule has 2 amide bonds. The highest BCUT2D eigenvalue weighted by Crippen LogP contribution is 2.30. The molecule has 0 aliphatic carbocycles. The Balaban J connectivity index is 1.83. The highest BCUT2D eigenvalue weighted by atomic mass is 35.5. The first kappa shape index (κ1) is 17.3. The fourth-order valence-electron chi connectivity index (χ4n) is 3.12. The molecule has 0 bridgehead atoms. The number of rotatable bonds is 2. The summed E-state index contributed by atoms with van der Waals surface area (Å²) in [6, 6.07) is 5.10. The van der Waals surface area contributed by atoms with E-state index < -0.39 is 0 Å². The number of hydrogen-bond donors (Lipinski definition) is 0. The summed E-state index contributed by atoms with van der Waals surface area (Å²) in [6.45, 7) is 4.13. The van der Waals surface area contributed by atoms with Crippen LogP contribution in [-0.4, -0.2) is 46.8 Å². The standard InChI is InChI=1S/C18H15ClN6O2/c1-4-25-16-10(5-6-12(19)21-16)13(18(25)27)22-23-14-11-7-9(2)8-20-15(11)24(3)17(14)26/h5-8H,4H2,1-3H3/b22-13-,23-14-. The molecule has 0 unspecified atom stereocenters. The van der Waals surface area contributed by atoms with Gasteiger partial charge in [-0.3, -0.25) is 19.4 Å². The number of hydrogen-bond acceptors (Lipinski definition) is 6. The summed E-state index contributed by atoms with van der Waals surface area (Å²) in [5.74, 6) is 0.320. The van der Waals surface area contributed by atoms with Gasteiger partial charge in [-0.05, 0) is 37.6 Å². The molecule has 0 atom stereocenters. The largest absolute Gasteiger partial charge is 0.294 e. The Labute approximate surface area is 160 Å². The second kappa shape index (κ2) is 6.24. The molecular formula is C18H15ClN6O2. The van der Waals surface area contributed by atoms with E-state index in [4.69, 9.17) is 11.6 Å². The Hall–Kier alpha value is -3.13. The Morgan fingerprint density at radius 3 is 2.48 bits per heavy atom. The molecular weight excluding hydrogens is 368 g/mol. The number of carbonyl (C=O) groups is 2. The van der Waals surface area contributed by atoms with Crippen molar-refractivity contribution >= 4 is 46.5 Å². The molecule has 2 aliphatic heterocycles. The van der Waals surface area contributed by atoms with Crippen LogP contribution in [0.1, 0.15) is 23.6 Å². The third-order valence-electron chi connectivity index (χ3n) is 4.45. The number of nitrogens with zero attached hydrogens (tertiary/aromatic N) is 6. The highest BCUT2D eigenvalue weighted by Gasteiger charge is 2.36. The van der Waals surface area contributed by atoms with Crippen LogP contribution >= 0.6 is 11.6 Å². The number of likely N-dealkylation sites (N-methyl/N-ethyl adjacent to an activating group) is 2. The molecule has 0 aromatic carbocycles. The van der Waals surface area contributed by atoms with E-state index in [0.29, 0.717) is 29.3 Å². The van der Waals surface area contributed by atoms with Crippen molar-refractivity contribution in [2.75, 3.05) is 23.4 Å². The number of anilines is 2. The number of carbonyl (C=O) groups excluding carboxylic acids is 2. The van der Waals surface area contributed by atoms with Crippen LogP contribution in [0, 0.1) is 6.92 Å². The number of fused-ring (bicyclic) bond motifs is 2. The first-order chi connectivity index (χ1) is 12.9. The summed E-state index contributed by atoms with van der Waals surface area (Å²) in [7, 11) is 1.62. The van der Waals surface area contributed by atoms with Gasteiger partial charge in [0.15, 0.2) is 11.4 Å². The third-order valence-corrected chi connectivity index (χ3v) is 4.66. The Bertz CT molecular complexity index is 1060. The monoisotopic (exact) mass is 382 g/mol. The summed E-state index contributed by atoms with van der Waals surface area (Å²) >= 11 is 5.95. The van der Waals surface area contributed by atoms with Crippen LogP contribution in [0.25, 0.3) is 0 Å². The van der Waals surface area contributed by atoms with Crippen molar-refractivity contribution in [2.45, 2.75) is 13.8 Å². The van der Waals surface area contributed by atoms with Gasteiger partial charge in [0.05, 0.1) is 11.1 Å². The molecule has 136 valence electrons. The summed E-state index contributed by atoms with van der Waals surface area (Å²) in [5.41, 5.74) is 2.32. The van der Waals surface area contributed by atoms with Crippen molar-refractivity contribution in [3.63, 3.8) is 0 Å². The zero-order valence-corrected chi connectivity index (χ0v) is 15.7. The minimum absolute atomic E-state index is 0.132.